The Hall–Kier alpha value is -3.06. The largest absolute Gasteiger partial charge is 0.489 e. The highest BCUT2D eigenvalue weighted by Crippen LogP contribution is 2.33. The van der Waals surface area contributed by atoms with E-state index in [2.05, 4.69) is 44.8 Å². The summed E-state index contributed by atoms with van der Waals surface area (Å²) < 4.78 is 11.5. The van der Waals surface area contributed by atoms with Crippen molar-refractivity contribution in [1.29, 1.82) is 0 Å². The zero-order valence-corrected chi connectivity index (χ0v) is 23.0. The molecule has 0 radical (unpaired) electrons. The fourth-order valence-electron chi connectivity index (χ4n) is 4.82. The molecule has 0 saturated carbocycles. The quantitative estimate of drug-likeness (QED) is 0.391. The highest BCUT2D eigenvalue weighted by Gasteiger charge is 2.37. The molecule has 1 N–H and O–H groups in total. The molecule has 1 aliphatic heterocycles. The number of hydrogen-bond acceptors (Lipinski definition) is 5. The lowest BCUT2D eigenvalue weighted by Crippen LogP contribution is -2.49. The van der Waals surface area contributed by atoms with Gasteiger partial charge < -0.3 is 14.8 Å². The van der Waals surface area contributed by atoms with Crippen molar-refractivity contribution >= 4 is 12.0 Å². The van der Waals surface area contributed by atoms with Crippen LogP contribution >= 0.6 is 0 Å². The van der Waals surface area contributed by atoms with E-state index in [1.165, 1.54) is 0 Å². The monoisotopic (exact) mass is 509 g/mol. The third-order valence-corrected chi connectivity index (χ3v) is 6.79. The first-order valence-corrected chi connectivity index (χ1v) is 13.6. The summed E-state index contributed by atoms with van der Waals surface area (Å²) >= 11 is 0. The maximum absolute atomic E-state index is 13.5. The molecule has 2 aromatic carbocycles. The molecule has 0 fully saturated rings. The molecule has 0 aliphatic carbocycles. The van der Waals surface area contributed by atoms with Gasteiger partial charge in [-0.15, -0.1) is 0 Å². The fourth-order valence-corrected chi connectivity index (χ4v) is 4.82. The van der Waals surface area contributed by atoms with Crippen molar-refractivity contribution in [3.8, 4) is 5.75 Å². The van der Waals surface area contributed by atoms with Crippen LogP contribution in [-0.2, 0) is 22.6 Å². The Balaban J connectivity index is 1.76. The Kier molecular flexibility index (Phi) is 10.8. The van der Waals surface area contributed by atoms with Crippen LogP contribution in [0, 0.1) is 0 Å². The molecule has 1 aliphatic rings. The first kappa shape index (κ1) is 28.5. The lowest BCUT2D eigenvalue weighted by atomic mass is 9.92. The number of benzene rings is 2. The molecular weight excluding hydrogens is 466 g/mol. The molecule has 2 amide bonds. The van der Waals surface area contributed by atoms with Crippen molar-refractivity contribution in [1.82, 2.24) is 15.1 Å². The van der Waals surface area contributed by atoms with E-state index in [1.807, 2.05) is 48.5 Å². The molecule has 2 aromatic rings. The highest BCUT2D eigenvalue weighted by molar-refractivity contribution is 5.88. The second-order valence-corrected chi connectivity index (χ2v) is 10.2. The number of rotatable bonds is 12. The van der Waals surface area contributed by atoms with Gasteiger partial charge in [-0.1, -0.05) is 49.7 Å². The Morgan fingerprint density at radius 3 is 2.49 bits per heavy atom. The van der Waals surface area contributed by atoms with E-state index in [-0.39, 0.29) is 5.91 Å². The molecule has 0 spiro atoms. The van der Waals surface area contributed by atoms with Crippen molar-refractivity contribution in [3.05, 3.63) is 65.2 Å². The van der Waals surface area contributed by atoms with Crippen molar-refractivity contribution in [2.75, 3.05) is 26.2 Å². The first-order valence-electron chi connectivity index (χ1n) is 13.6. The fraction of sp³-hybridized carbons (Fsp3) is 0.533. The van der Waals surface area contributed by atoms with E-state index in [0.717, 1.165) is 41.8 Å². The normalized spacial score (nSPS) is 15.1. The van der Waals surface area contributed by atoms with Crippen LogP contribution < -0.4 is 10.1 Å². The minimum absolute atomic E-state index is 0.182. The summed E-state index contributed by atoms with van der Waals surface area (Å²) in [6, 6.07) is 15.8. The Morgan fingerprint density at radius 1 is 1.08 bits per heavy atom. The number of unbranched alkanes of at least 4 members (excludes halogenated alkanes) is 1. The molecule has 7 nitrogen and oxygen atoms in total. The number of ether oxygens (including phenoxy) is 2. The van der Waals surface area contributed by atoms with Crippen LogP contribution in [0.4, 0.5) is 4.79 Å². The van der Waals surface area contributed by atoms with Crippen LogP contribution in [0.1, 0.15) is 70.2 Å². The smallest absolute Gasteiger partial charge is 0.410 e. The molecule has 202 valence electrons. The number of nitrogens with zero attached hydrogens (tertiary/aromatic N) is 2. The molecule has 37 heavy (non-hydrogen) atoms. The second-order valence-electron chi connectivity index (χ2n) is 10.2. The molecule has 1 heterocycles. The number of amides is 2. The number of nitrogens with one attached hydrogen (secondary N) is 1. The summed E-state index contributed by atoms with van der Waals surface area (Å²) in [6.07, 6.45) is 1.94. The summed E-state index contributed by atoms with van der Waals surface area (Å²) in [6.45, 7) is 13.2. The molecule has 0 bridgehead atoms. The van der Waals surface area contributed by atoms with Crippen LogP contribution in [0.5, 0.6) is 5.75 Å². The third kappa shape index (κ3) is 7.96. The average molecular weight is 510 g/mol. The number of hydrogen-bond donors (Lipinski definition) is 1. The predicted octanol–water partition coefficient (Wildman–Crippen LogP) is 5.34. The van der Waals surface area contributed by atoms with E-state index in [4.69, 9.17) is 9.47 Å². The molecule has 3 rings (SSSR count). The summed E-state index contributed by atoms with van der Waals surface area (Å²) in [5, 5.41) is 3.09. The van der Waals surface area contributed by atoms with E-state index in [9.17, 15) is 9.59 Å². The average Bonchev–Trinajstić information content (AvgIpc) is 2.89. The van der Waals surface area contributed by atoms with Gasteiger partial charge in [0.2, 0.25) is 5.91 Å². The summed E-state index contributed by atoms with van der Waals surface area (Å²) in [7, 11) is 0. The SMILES string of the molecule is CCCCOC(=O)N1CCc2cc(OCc3ccccc3)ccc2C1C(=O)NCCN(C(C)C)C(C)C. The van der Waals surface area contributed by atoms with Gasteiger partial charge in [0.25, 0.3) is 0 Å². The topological polar surface area (TPSA) is 71.1 Å². The summed E-state index contributed by atoms with van der Waals surface area (Å²) in [4.78, 5) is 30.4. The molecular formula is C30H43N3O4. The van der Waals surface area contributed by atoms with Crippen LogP contribution in [0.15, 0.2) is 48.5 Å². The molecule has 0 aromatic heterocycles. The van der Waals surface area contributed by atoms with Gasteiger partial charge in [0, 0.05) is 31.7 Å². The van der Waals surface area contributed by atoms with Crippen molar-refractivity contribution in [2.24, 2.45) is 0 Å². The summed E-state index contributed by atoms with van der Waals surface area (Å²) in [5.41, 5.74) is 2.94. The van der Waals surface area contributed by atoms with Crippen molar-refractivity contribution in [2.45, 2.75) is 78.6 Å². The Labute approximate surface area is 222 Å². The van der Waals surface area contributed by atoms with E-state index in [1.54, 1.807) is 4.90 Å². The first-order chi connectivity index (χ1) is 17.8. The maximum atomic E-state index is 13.5. The van der Waals surface area contributed by atoms with Gasteiger partial charge >= 0.3 is 6.09 Å². The van der Waals surface area contributed by atoms with Gasteiger partial charge in [-0.25, -0.2) is 4.79 Å². The standard InChI is InChI=1S/C30H43N3O4/c1-6-7-19-36-30(35)33-17-15-25-20-26(37-21-24-11-9-8-10-12-24)13-14-27(25)28(33)29(34)31-16-18-32(22(2)3)23(4)5/h8-14,20,22-23,28H,6-7,15-19,21H2,1-5H3,(H,31,34). The zero-order valence-electron chi connectivity index (χ0n) is 23.0. The second kappa shape index (κ2) is 14.0. The van der Waals surface area contributed by atoms with Crippen LogP contribution in [0.25, 0.3) is 0 Å². The van der Waals surface area contributed by atoms with Gasteiger partial charge in [-0.2, -0.15) is 0 Å². The number of fused-ring (bicyclic) bond motifs is 1. The Bertz CT molecular complexity index is 1000. The van der Waals surface area contributed by atoms with Gasteiger partial charge in [-0.3, -0.25) is 14.6 Å². The lowest BCUT2D eigenvalue weighted by molar-refractivity contribution is -0.126. The third-order valence-electron chi connectivity index (χ3n) is 6.79. The zero-order chi connectivity index (χ0) is 26.8. The van der Waals surface area contributed by atoms with Crippen molar-refractivity contribution in [3.63, 3.8) is 0 Å². The molecule has 1 unspecified atom stereocenters. The van der Waals surface area contributed by atoms with Crippen LogP contribution in [0.2, 0.25) is 0 Å². The molecule has 1 atom stereocenters. The van der Waals surface area contributed by atoms with Gasteiger partial charge in [0.1, 0.15) is 18.4 Å². The van der Waals surface area contributed by atoms with Gasteiger partial charge in [0.05, 0.1) is 6.61 Å². The van der Waals surface area contributed by atoms with Crippen molar-refractivity contribution < 1.29 is 19.1 Å². The Morgan fingerprint density at radius 2 is 1.81 bits per heavy atom. The van der Waals surface area contributed by atoms with E-state index >= 15 is 0 Å². The number of carbonyl (C=O) groups is 2. The minimum atomic E-state index is -0.729. The van der Waals surface area contributed by atoms with Crippen LogP contribution in [-0.4, -0.2) is 60.1 Å². The van der Waals surface area contributed by atoms with E-state index < -0.39 is 12.1 Å². The maximum Gasteiger partial charge on any atom is 0.410 e. The van der Waals surface area contributed by atoms with Gasteiger partial charge in [0.15, 0.2) is 0 Å². The molecule has 7 heteroatoms. The lowest BCUT2D eigenvalue weighted by Gasteiger charge is -2.36. The summed E-state index contributed by atoms with van der Waals surface area (Å²) in [5.74, 6) is 0.573. The molecule has 0 saturated heterocycles. The van der Waals surface area contributed by atoms with Crippen LogP contribution in [0.3, 0.4) is 0 Å². The predicted molar refractivity (Wildman–Crippen MR) is 147 cm³/mol. The number of carbonyl (C=O) groups excluding carboxylic acids is 2. The van der Waals surface area contributed by atoms with Gasteiger partial charge in [-0.05, 0) is 69.4 Å². The minimum Gasteiger partial charge on any atom is -0.489 e. The van der Waals surface area contributed by atoms with E-state index in [0.29, 0.717) is 44.8 Å². The highest BCUT2D eigenvalue weighted by atomic mass is 16.6.